The Balaban J connectivity index is 2.03. The largest absolute Gasteiger partial charge is 0.487 e. The van der Waals surface area contributed by atoms with Gasteiger partial charge >= 0.3 is 12.1 Å². The second-order valence-corrected chi connectivity index (χ2v) is 7.85. The maximum atomic E-state index is 12.4. The molecule has 0 aliphatic carbocycles. The Hall–Kier alpha value is -3.03. The van der Waals surface area contributed by atoms with Gasteiger partial charge in [0.25, 0.3) is 0 Å². The topological polar surface area (TPSA) is 91.7 Å². The molecule has 0 aliphatic heterocycles. The molecular weight excluding hydrogens is 386 g/mol. The van der Waals surface area contributed by atoms with E-state index in [9.17, 15) is 9.59 Å². The first kappa shape index (κ1) is 23.3. The lowest BCUT2D eigenvalue weighted by atomic mass is 10.2. The van der Waals surface area contributed by atoms with E-state index in [2.05, 4.69) is 10.4 Å². The van der Waals surface area contributed by atoms with Crippen molar-refractivity contribution in [1.82, 2.24) is 15.1 Å². The maximum Gasteiger partial charge on any atom is 0.407 e. The van der Waals surface area contributed by atoms with Crippen LogP contribution in [0.1, 0.15) is 63.3 Å². The molecule has 0 fully saturated rings. The monoisotopic (exact) mass is 417 g/mol. The number of hydrogen-bond donors (Lipinski definition) is 1. The summed E-state index contributed by atoms with van der Waals surface area (Å²) in [6.07, 6.45) is 0.0875. The first-order chi connectivity index (χ1) is 14.2. The molecule has 0 bridgehead atoms. The van der Waals surface area contributed by atoms with E-state index in [1.165, 1.54) is 0 Å². The van der Waals surface area contributed by atoms with E-state index in [4.69, 9.17) is 14.2 Å². The minimum Gasteiger partial charge on any atom is -0.487 e. The Labute approximate surface area is 177 Å². The molecule has 0 spiro atoms. The predicted molar refractivity (Wildman–Crippen MR) is 113 cm³/mol. The molecule has 1 aromatic heterocycles. The van der Waals surface area contributed by atoms with Crippen LogP contribution in [0, 0.1) is 0 Å². The zero-order valence-electron chi connectivity index (χ0n) is 18.3. The van der Waals surface area contributed by atoms with Crippen LogP contribution in [0.15, 0.2) is 36.4 Å². The van der Waals surface area contributed by atoms with Crippen molar-refractivity contribution in [2.75, 3.05) is 13.2 Å². The van der Waals surface area contributed by atoms with Crippen molar-refractivity contribution in [3.8, 4) is 5.75 Å². The van der Waals surface area contributed by atoms with E-state index >= 15 is 0 Å². The predicted octanol–water partition coefficient (Wildman–Crippen LogP) is 4.11. The van der Waals surface area contributed by atoms with Gasteiger partial charge < -0.3 is 19.5 Å². The number of benzene rings is 1. The van der Waals surface area contributed by atoms with Crippen molar-refractivity contribution >= 4 is 12.1 Å². The Morgan fingerprint density at radius 2 is 1.90 bits per heavy atom. The smallest absolute Gasteiger partial charge is 0.407 e. The van der Waals surface area contributed by atoms with Gasteiger partial charge in [-0.15, -0.1) is 0 Å². The van der Waals surface area contributed by atoms with Gasteiger partial charge in [0.05, 0.1) is 12.6 Å². The van der Waals surface area contributed by atoms with Crippen LogP contribution in [-0.2, 0) is 16.1 Å². The molecule has 164 valence electrons. The van der Waals surface area contributed by atoms with Crippen molar-refractivity contribution in [2.45, 2.75) is 59.3 Å². The number of nitrogens with one attached hydrogen (secondary N) is 1. The van der Waals surface area contributed by atoms with E-state index in [0.717, 1.165) is 5.75 Å². The summed E-state index contributed by atoms with van der Waals surface area (Å²) in [5.41, 5.74) is 0.421. The number of nitrogens with zero attached hydrogens (tertiary/aromatic N) is 2. The molecule has 2 aromatic rings. The van der Waals surface area contributed by atoms with Gasteiger partial charge in [-0.25, -0.2) is 9.59 Å². The quantitative estimate of drug-likeness (QED) is 0.617. The highest BCUT2D eigenvalue weighted by atomic mass is 16.6. The van der Waals surface area contributed by atoms with Crippen LogP contribution in [0.3, 0.4) is 0 Å². The summed E-state index contributed by atoms with van der Waals surface area (Å²) >= 11 is 0. The molecule has 0 saturated heterocycles. The van der Waals surface area contributed by atoms with Crippen molar-refractivity contribution < 1.29 is 23.8 Å². The third kappa shape index (κ3) is 7.42. The third-order valence-electron chi connectivity index (χ3n) is 4.05. The van der Waals surface area contributed by atoms with Crippen molar-refractivity contribution in [2.24, 2.45) is 0 Å². The Morgan fingerprint density at radius 3 is 2.53 bits per heavy atom. The molecule has 8 nitrogen and oxygen atoms in total. The number of carbonyl (C=O) groups excluding carboxylic acids is 2. The molecule has 1 N–H and O–H groups in total. The average molecular weight is 418 g/mol. The standard InChI is InChI=1S/C22H31N3O5/c1-6-28-20(26)19-14-17(15-29-18-10-8-7-9-11-18)24-25(19)16(2)12-13-23-21(27)30-22(3,4)5/h7-11,14,16H,6,12-13,15H2,1-5H3,(H,23,27). The number of alkyl carbamates (subject to hydrolysis) is 1. The SMILES string of the molecule is CCOC(=O)c1cc(COc2ccccc2)nn1C(C)CCNC(=O)OC(C)(C)C. The summed E-state index contributed by atoms with van der Waals surface area (Å²) in [6.45, 7) is 9.99. The van der Waals surface area contributed by atoms with Crippen LogP contribution in [0.2, 0.25) is 0 Å². The molecule has 0 aliphatic rings. The molecule has 0 saturated carbocycles. The number of carbonyl (C=O) groups is 2. The fourth-order valence-corrected chi connectivity index (χ4v) is 2.70. The number of esters is 1. The number of ether oxygens (including phenoxy) is 3. The molecule has 0 radical (unpaired) electrons. The maximum absolute atomic E-state index is 12.4. The number of hydrogen-bond acceptors (Lipinski definition) is 6. The van der Waals surface area contributed by atoms with Crippen LogP contribution in [0.5, 0.6) is 5.75 Å². The summed E-state index contributed by atoms with van der Waals surface area (Å²) in [6, 6.07) is 10.9. The lowest BCUT2D eigenvalue weighted by molar-refractivity contribution is 0.0497. The highest BCUT2D eigenvalue weighted by molar-refractivity contribution is 5.87. The lowest BCUT2D eigenvalue weighted by Crippen LogP contribution is -2.33. The van der Waals surface area contributed by atoms with Gasteiger partial charge in [-0.3, -0.25) is 4.68 Å². The number of amides is 1. The van der Waals surface area contributed by atoms with Crippen LogP contribution < -0.4 is 10.1 Å². The molecule has 1 aromatic carbocycles. The minimum absolute atomic E-state index is 0.148. The van der Waals surface area contributed by atoms with Gasteiger partial charge in [0.1, 0.15) is 29.3 Å². The van der Waals surface area contributed by atoms with Crippen molar-refractivity contribution in [3.63, 3.8) is 0 Å². The van der Waals surface area contributed by atoms with Gasteiger partial charge in [-0.2, -0.15) is 5.10 Å². The van der Waals surface area contributed by atoms with Gasteiger partial charge in [0, 0.05) is 6.54 Å². The van der Waals surface area contributed by atoms with E-state index < -0.39 is 17.7 Å². The summed E-state index contributed by atoms with van der Waals surface area (Å²) in [7, 11) is 0. The number of aromatic nitrogens is 2. The molecule has 30 heavy (non-hydrogen) atoms. The van der Waals surface area contributed by atoms with Gasteiger partial charge in [-0.1, -0.05) is 18.2 Å². The third-order valence-corrected chi connectivity index (χ3v) is 4.05. The first-order valence-electron chi connectivity index (χ1n) is 10.1. The fourth-order valence-electron chi connectivity index (χ4n) is 2.70. The normalized spacial score (nSPS) is 12.2. The van der Waals surface area contributed by atoms with Crippen LogP contribution >= 0.6 is 0 Å². The van der Waals surface area contributed by atoms with Crippen molar-refractivity contribution in [1.29, 1.82) is 0 Å². The highest BCUT2D eigenvalue weighted by Crippen LogP contribution is 2.18. The van der Waals surface area contributed by atoms with Crippen LogP contribution in [0.4, 0.5) is 4.79 Å². The van der Waals surface area contributed by atoms with E-state index in [-0.39, 0.29) is 19.3 Å². The Kier molecular flexibility index (Phi) is 8.26. The second-order valence-electron chi connectivity index (χ2n) is 7.85. The van der Waals surface area contributed by atoms with Gasteiger partial charge in [0.15, 0.2) is 0 Å². The molecule has 1 atom stereocenters. The van der Waals surface area contributed by atoms with E-state index in [1.54, 1.807) is 17.7 Å². The van der Waals surface area contributed by atoms with Gasteiger partial charge in [-0.05, 0) is 59.2 Å². The molecule has 2 rings (SSSR count). The summed E-state index contributed by atoms with van der Waals surface area (Å²) < 4.78 is 17.8. The minimum atomic E-state index is -0.553. The average Bonchev–Trinajstić information content (AvgIpc) is 3.10. The number of para-hydroxylation sites is 1. The number of rotatable bonds is 9. The van der Waals surface area contributed by atoms with E-state index in [1.807, 2.05) is 58.0 Å². The Bertz CT molecular complexity index is 827. The van der Waals surface area contributed by atoms with Crippen LogP contribution in [-0.4, -0.2) is 40.6 Å². The second kappa shape index (κ2) is 10.7. The Morgan fingerprint density at radius 1 is 1.20 bits per heavy atom. The highest BCUT2D eigenvalue weighted by Gasteiger charge is 2.21. The van der Waals surface area contributed by atoms with Crippen LogP contribution in [0.25, 0.3) is 0 Å². The molecule has 1 heterocycles. The molecule has 1 unspecified atom stereocenters. The zero-order chi connectivity index (χ0) is 22.1. The summed E-state index contributed by atoms with van der Waals surface area (Å²) in [5.74, 6) is 0.280. The fraction of sp³-hybridized carbons (Fsp3) is 0.500. The summed E-state index contributed by atoms with van der Waals surface area (Å²) in [5, 5.41) is 7.26. The van der Waals surface area contributed by atoms with Gasteiger partial charge in [0.2, 0.25) is 0 Å². The van der Waals surface area contributed by atoms with Crippen molar-refractivity contribution in [3.05, 3.63) is 47.8 Å². The zero-order valence-corrected chi connectivity index (χ0v) is 18.3. The van der Waals surface area contributed by atoms with E-state index in [0.29, 0.717) is 24.4 Å². The molecule has 1 amide bonds. The molecule has 8 heteroatoms. The lowest BCUT2D eigenvalue weighted by Gasteiger charge is -2.20. The first-order valence-corrected chi connectivity index (χ1v) is 10.1. The molecular formula is C22H31N3O5. The summed E-state index contributed by atoms with van der Waals surface area (Å²) in [4.78, 5) is 24.2.